The first-order valence-electron chi connectivity index (χ1n) is 11.4. The molecule has 1 heterocycles. The molecule has 0 atom stereocenters. The number of ketones is 2. The van der Waals surface area contributed by atoms with Crippen molar-refractivity contribution in [3.63, 3.8) is 0 Å². The van der Waals surface area contributed by atoms with Crippen LogP contribution in [0.1, 0.15) is 74.1 Å². The van der Waals surface area contributed by atoms with Crippen LogP contribution in [0, 0.1) is 0 Å². The third-order valence-corrected chi connectivity index (χ3v) is 6.00. The molecule has 0 fully saturated rings. The fraction of sp³-hybridized carbons (Fsp3) is 0.462. The van der Waals surface area contributed by atoms with E-state index in [1.807, 2.05) is 38.1 Å². The molecule has 0 saturated carbocycles. The van der Waals surface area contributed by atoms with Gasteiger partial charge in [0.1, 0.15) is 0 Å². The lowest BCUT2D eigenvalue weighted by Gasteiger charge is -2.19. The summed E-state index contributed by atoms with van der Waals surface area (Å²) in [5, 5.41) is 2.13. The Labute approximate surface area is 179 Å². The van der Waals surface area contributed by atoms with E-state index in [0.717, 1.165) is 72.0 Å². The third-order valence-electron chi connectivity index (χ3n) is 6.00. The maximum atomic E-state index is 12.5. The van der Waals surface area contributed by atoms with Crippen LogP contribution in [0.4, 0.5) is 0 Å². The van der Waals surface area contributed by atoms with Gasteiger partial charge in [0.25, 0.3) is 0 Å². The summed E-state index contributed by atoms with van der Waals surface area (Å²) in [4.78, 5) is 27.4. The third kappa shape index (κ3) is 4.49. The molecule has 30 heavy (non-hydrogen) atoms. The largest absolute Gasteiger partial charge is 0.339 e. The Morgan fingerprint density at radius 2 is 1.23 bits per heavy atom. The van der Waals surface area contributed by atoms with Crippen molar-refractivity contribution < 1.29 is 9.59 Å². The number of carbonyl (C=O) groups is 2. The molecule has 0 aliphatic rings. The van der Waals surface area contributed by atoms with Crippen molar-refractivity contribution in [2.75, 3.05) is 19.6 Å². The van der Waals surface area contributed by atoms with Crippen molar-refractivity contribution in [1.82, 2.24) is 9.47 Å². The maximum Gasteiger partial charge on any atom is 0.162 e. The van der Waals surface area contributed by atoms with Crippen LogP contribution < -0.4 is 0 Å². The molecule has 160 valence electrons. The summed E-state index contributed by atoms with van der Waals surface area (Å²) in [6, 6.07) is 12.1. The van der Waals surface area contributed by atoms with Crippen LogP contribution in [0.3, 0.4) is 0 Å². The molecule has 0 aliphatic carbocycles. The van der Waals surface area contributed by atoms with Crippen LogP contribution in [0.5, 0.6) is 0 Å². The minimum atomic E-state index is 0.182. The zero-order valence-corrected chi connectivity index (χ0v) is 18.8. The van der Waals surface area contributed by atoms with Gasteiger partial charge in [-0.15, -0.1) is 0 Å². The van der Waals surface area contributed by atoms with Crippen molar-refractivity contribution in [3.8, 4) is 0 Å². The summed E-state index contributed by atoms with van der Waals surface area (Å²) in [7, 11) is 0. The van der Waals surface area contributed by atoms with E-state index in [2.05, 4.69) is 35.4 Å². The molecular formula is C26H34N2O2. The van der Waals surface area contributed by atoms with Gasteiger partial charge in [0.2, 0.25) is 0 Å². The normalized spacial score (nSPS) is 11.6. The minimum Gasteiger partial charge on any atom is -0.339 e. The molecule has 0 amide bonds. The van der Waals surface area contributed by atoms with Gasteiger partial charge >= 0.3 is 0 Å². The standard InChI is InChI=1S/C26H34N2O2/c1-5-9-25(29)19-11-13-23-21(17-19)22-18-20(26(30)10-6-2)12-14-24(22)28(23)16-15-27(7-3)8-4/h11-14,17-18H,5-10,15-16H2,1-4H3. The second kappa shape index (κ2) is 10.0. The Kier molecular flexibility index (Phi) is 7.43. The van der Waals surface area contributed by atoms with Crippen LogP contribution in [0.25, 0.3) is 21.8 Å². The van der Waals surface area contributed by atoms with Gasteiger partial charge in [-0.2, -0.15) is 0 Å². The Bertz CT molecular complexity index is 969. The molecule has 0 saturated heterocycles. The Balaban J connectivity index is 2.15. The van der Waals surface area contributed by atoms with E-state index in [9.17, 15) is 9.59 Å². The smallest absolute Gasteiger partial charge is 0.162 e. The molecule has 0 unspecified atom stereocenters. The van der Waals surface area contributed by atoms with Crippen LogP contribution in [-0.2, 0) is 6.54 Å². The Hall–Kier alpha value is -2.46. The number of Topliss-reactive ketones (excluding diaryl/α,β-unsaturated/α-hetero) is 2. The van der Waals surface area contributed by atoms with Gasteiger partial charge in [-0.05, 0) is 62.3 Å². The number of aromatic nitrogens is 1. The van der Waals surface area contributed by atoms with Gasteiger partial charge in [-0.25, -0.2) is 0 Å². The molecule has 0 N–H and O–H groups in total. The van der Waals surface area contributed by atoms with Crippen LogP contribution in [0.2, 0.25) is 0 Å². The predicted molar refractivity (Wildman–Crippen MR) is 126 cm³/mol. The average molecular weight is 407 g/mol. The molecule has 2 aromatic carbocycles. The summed E-state index contributed by atoms with van der Waals surface area (Å²) in [5.41, 5.74) is 3.78. The van der Waals surface area contributed by atoms with Gasteiger partial charge in [-0.3, -0.25) is 9.59 Å². The first-order chi connectivity index (χ1) is 14.5. The van der Waals surface area contributed by atoms with Gasteiger partial charge in [0.15, 0.2) is 11.6 Å². The lowest BCUT2D eigenvalue weighted by Crippen LogP contribution is -2.26. The van der Waals surface area contributed by atoms with Gasteiger partial charge in [0.05, 0.1) is 0 Å². The maximum absolute atomic E-state index is 12.5. The number of hydrogen-bond acceptors (Lipinski definition) is 3. The number of hydrogen-bond donors (Lipinski definition) is 0. The number of nitrogens with zero attached hydrogens (tertiary/aromatic N) is 2. The summed E-state index contributed by atoms with van der Waals surface area (Å²) in [5.74, 6) is 0.364. The molecule has 4 heteroatoms. The van der Waals surface area contributed by atoms with E-state index in [1.54, 1.807) is 0 Å². The van der Waals surface area contributed by atoms with E-state index in [0.29, 0.717) is 12.8 Å². The second-order valence-corrected chi connectivity index (χ2v) is 7.99. The first kappa shape index (κ1) is 22.2. The first-order valence-corrected chi connectivity index (χ1v) is 11.4. The highest BCUT2D eigenvalue weighted by atomic mass is 16.1. The topological polar surface area (TPSA) is 42.3 Å². The zero-order chi connectivity index (χ0) is 21.7. The van der Waals surface area contributed by atoms with E-state index in [1.165, 1.54) is 0 Å². The molecule has 0 bridgehead atoms. The molecular weight excluding hydrogens is 372 g/mol. The molecule has 0 radical (unpaired) electrons. The summed E-state index contributed by atoms with van der Waals surface area (Å²) >= 11 is 0. The Morgan fingerprint density at radius 3 is 1.63 bits per heavy atom. The number of carbonyl (C=O) groups excluding carboxylic acids is 2. The van der Waals surface area contributed by atoms with E-state index in [4.69, 9.17) is 0 Å². The predicted octanol–water partition coefficient (Wildman–Crippen LogP) is 6.10. The van der Waals surface area contributed by atoms with Crippen molar-refractivity contribution in [2.45, 2.75) is 59.9 Å². The fourth-order valence-electron chi connectivity index (χ4n) is 4.22. The molecule has 1 aromatic heterocycles. The van der Waals surface area contributed by atoms with Gasteiger partial charge in [0, 0.05) is 58.9 Å². The highest BCUT2D eigenvalue weighted by Crippen LogP contribution is 2.31. The van der Waals surface area contributed by atoms with Crippen LogP contribution >= 0.6 is 0 Å². The lowest BCUT2D eigenvalue weighted by atomic mass is 10.0. The SMILES string of the molecule is CCCC(=O)c1ccc2c(c1)c1cc(C(=O)CCC)ccc1n2CCN(CC)CC. The monoisotopic (exact) mass is 406 g/mol. The minimum absolute atomic E-state index is 0.182. The van der Waals surface area contributed by atoms with Crippen molar-refractivity contribution in [1.29, 1.82) is 0 Å². The molecule has 3 rings (SSSR count). The van der Waals surface area contributed by atoms with Crippen LogP contribution in [0.15, 0.2) is 36.4 Å². The fourth-order valence-corrected chi connectivity index (χ4v) is 4.22. The van der Waals surface area contributed by atoms with E-state index >= 15 is 0 Å². The van der Waals surface area contributed by atoms with Crippen molar-refractivity contribution in [2.24, 2.45) is 0 Å². The highest BCUT2D eigenvalue weighted by molar-refractivity contribution is 6.13. The molecule has 0 aliphatic heterocycles. The van der Waals surface area contributed by atoms with Crippen molar-refractivity contribution >= 4 is 33.4 Å². The highest BCUT2D eigenvalue weighted by Gasteiger charge is 2.16. The summed E-state index contributed by atoms with van der Waals surface area (Å²) < 4.78 is 2.34. The quantitative estimate of drug-likeness (QED) is 0.361. The summed E-state index contributed by atoms with van der Waals surface area (Å²) in [6.07, 6.45) is 2.81. The van der Waals surface area contributed by atoms with E-state index < -0.39 is 0 Å². The number of likely N-dealkylation sites (N-methyl/N-ethyl adjacent to an activating group) is 1. The second-order valence-electron chi connectivity index (χ2n) is 7.99. The van der Waals surface area contributed by atoms with Crippen molar-refractivity contribution in [3.05, 3.63) is 47.5 Å². The summed E-state index contributed by atoms with van der Waals surface area (Å²) in [6.45, 7) is 12.3. The van der Waals surface area contributed by atoms with Crippen LogP contribution in [-0.4, -0.2) is 40.7 Å². The number of rotatable bonds is 11. The average Bonchev–Trinajstić information content (AvgIpc) is 3.07. The number of fused-ring (bicyclic) bond motifs is 3. The molecule has 0 spiro atoms. The Morgan fingerprint density at radius 1 is 0.767 bits per heavy atom. The number of benzene rings is 2. The lowest BCUT2D eigenvalue weighted by molar-refractivity contribution is 0.0973. The van der Waals surface area contributed by atoms with Gasteiger partial charge < -0.3 is 9.47 Å². The molecule has 3 aromatic rings. The van der Waals surface area contributed by atoms with E-state index in [-0.39, 0.29) is 11.6 Å². The molecule has 4 nitrogen and oxygen atoms in total. The zero-order valence-electron chi connectivity index (χ0n) is 18.8. The van der Waals surface area contributed by atoms with Gasteiger partial charge in [-0.1, -0.05) is 27.7 Å².